The summed E-state index contributed by atoms with van der Waals surface area (Å²) in [6.07, 6.45) is 5.02. The Balaban J connectivity index is 3.06. The van der Waals surface area contributed by atoms with E-state index in [1.807, 2.05) is 0 Å². The number of hydrogen-bond donors (Lipinski definition) is 1. The van der Waals surface area contributed by atoms with Gasteiger partial charge in [0.25, 0.3) is 0 Å². The molecule has 1 atom stereocenters. The maximum Gasteiger partial charge on any atom is 0.312 e. The first-order chi connectivity index (χ1) is 6.66. The van der Waals surface area contributed by atoms with Gasteiger partial charge in [-0.2, -0.15) is 0 Å². The van der Waals surface area contributed by atoms with Crippen LogP contribution in [0.3, 0.4) is 0 Å². The van der Waals surface area contributed by atoms with Gasteiger partial charge in [0.05, 0.1) is 5.92 Å². The van der Waals surface area contributed by atoms with Crippen molar-refractivity contribution in [2.24, 2.45) is 0 Å². The fraction of sp³-hybridized carbons (Fsp3) is 0.182. The lowest BCUT2D eigenvalue weighted by Gasteiger charge is -2.09. The lowest BCUT2D eigenvalue weighted by Crippen LogP contribution is -2.12. The summed E-state index contributed by atoms with van der Waals surface area (Å²) < 4.78 is 13.2. The molecule has 3 heteroatoms. The molecule has 2 nitrogen and oxygen atoms in total. The van der Waals surface area contributed by atoms with Gasteiger partial charge < -0.3 is 5.11 Å². The van der Waals surface area contributed by atoms with E-state index in [9.17, 15) is 9.18 Å². The van der Waals surface area contributed by atoms with Gasteiger partial charge in [0, 0.05) is 12.0 Å². The number of aliphatic carboxylic acids is 1. The third kappa shape index (κ3) is 2.11. The summed E-state index contributed by atoms with van der Waals surface area (Å²) in [4.78, 5) is 10.8. The summed E-state index contributed by atoms with van der Waals surface area (Å²) >= 11 is 0. The third-order valence-electron chi connectivity index (χ3n) is 1.90. The van der Waals surface area contributed by atoms with Crippen LogP contribution in [0.4, 0.5) is 4.39 Å². The highest BCUT2D eigenvalue weighted by molar-refractivity contribution is 5.76. The summed E-state index contributed by atoms with van der Waals surface area (Å²) in [6, 6.07) is 5.76. The lowest BCUT2D eigenvalue weighted by molar-refractivity contribution is -0.138. The van der Waals surface area contributed by atoms with Crippen LogP contribution in [0.2, 0.25) is 0 Å². The minimum Gasteiger partial charge on any atom is -0.481 e. The van der Waals surface area contributed by atoms with E-state index in [0.29, 0.717) is 0 Å². The quantitative estimate of drug-likeness (QED) is 0.744. The SMILES string of the molecule is C#CCC(C(=O)O)c1ccccc1F. The highest BCUT2D eigenvalue weighted by Gasteiger charge is 2.21. The molecule has 0 spiro atoms. The minimum absolute atomic E-state index is 0.00370. The van der Waals surface area contributed by atoms with Crippen molar-refractivity contribution in [2.75, 3.05) is 0 Å². The van der Waals surface area contributed by atoms with Crippen LogP contribution >= 0.6 is 0 Å². The van der Waals surface area contributed by atoms with Gasteiger partial charge in [-0.3, -0.25) is 4.79 Å². The van der Waals surface area contributed by atoms with Gasteiger partial charge in [0.2, 0.25) is 0 Å². The van der Waals surface area contributed by atoms with Crippen LogP contribution in [0, 0.1) is 18.2 Å². The molecule has 0 radical (unpaired) electrons. The Kier molecular flexibility index (Phi) is 3.24. The predicted molar refractivity (Wildman–Crippen MR) is 50.2 cm³/mol. The van der Waals surface area contributed by atoms with Crippen molar-refractivity contribution in [3.05, 3.63) is 35.6 Å². The summed E-state index contributed by atoms with van der Waals surface area (Å²) in [7, 11) is 0. The Morgan fingerprint density at radius 2 is 2.21 bits per heavy atom. The Morgan fingerprint density at radius 3 is 2.71 bits per heavy atom. The van der Waals surface area contributed by atoms with Crippen LogP contribution < -0.4 is 0 Å². The molecule has 1 unspecified atom stereocenters. The number of rotatable bonds is 3. The number of carbonyl (C=O) groups is 1. The lowest BCUT2D eigenvalue weighted by atomic mass is 9.96. The van der Waals surface area contributed by atoms with Crippen molar-refractivity contribution in [2.45, 2.75) is 12.3 Å². The molecule has 14 heavy (non-hydrogen) atoms. The van der Waals surface area contributed by atoms with E-state index in [4.69, 9.17) is 11.5 Å². The highest BCUT2D eigenvalue weighted by atomic mass is 19.1. The zero-order valence-corrected chi connectivity index (χ0v) is 7.40. The maximum absolute atomic E-state index is 13.2. The molecule has 0 aliphatic carbocycles. The number of terminal acetylenes is 1. The molecule has 0 fully saturated rings. The number of halogens is 1. The van der Waals surface area contributed by atoms with Gasteiger partial charge >= 0.3 is 5.97 Å². The van der Waals surface area contributed by atoms with E-state index in [1.165, 1.54) is 18.2 Å². The first kappa shape index (κ1) is 10.3. The molecule has 0 aromatic heterocycles. The second-order valence-corrected chi connectivity index (χ2v) is 2.82. The Labute approximate surface area is 81.4 Å². The maximum atomic E-state index is 13.2. The summed E-state index contributed by atoms with van der Waals surface area (Å²) in [5.41, 5.74) is 0.137. The molecule has 0 aliphatic rings. The number of benzene rings is 1. The van der Waals surface area contributed by atoms with Crippen molar-refractivity contribution in [3.8, 4) is 12.3 Å². The van der Waals surface area contributed by atoms with E-state index in [-0.39, 0.29) is 12.0 Å². The van der Waals surface area contributed by atoms with Gasteiger partial charge in [-0.1, -0.05) is 18.2 Å². The van der Waals surface area contributed by atoms with Crippen molar-refractivity contribution in [1.82, 2.24) is 0 Å². The van der Waals surface area contributed by atoms with Crippen LogP contribution in [-0.4, -0.2) is 11.1 Å². The van der Waals surface area contributed by atoms with Gasteiger partial charge in [-0.15, -0.1) is 12.3 Å². The molecule has 0 heterocycles. The van der Waals surface area contributed by atoms with Gasteiger partial charge in [-0.25, -0.2) is 4.39 Å². The van der Waals surface area contributed by atoms with Gasteiger partial charge in [0.1, 0.15) is 5.82 Å². The summed E-state index contributed by atoms with van der Waals surface area (Å²) in [5.74, 6) is -0.366. The zero-order chi connectivity index (χ0) is 10.6. The molecular weight excluding hydrogens is 183 g/mol. The molecule has 0 aliphatic heterocycles. The second kappa shape index (κ2) is 4.43. The monoisotopic (exact) mass is 192 g/mol. The van der Waals surface area contributed by atoms with Crippen LogP contribution in [0.1, 0.15) is 17.9 Å². The third-order valence-corrected chi connectivity index (χ3v) is 1.90. The fourth-order valence-electron chi connectivity index (χ4n) is 1.21. The molecule has 1 aromatic rings. The average Bonchev–Trinajstić information content (AvgIpc) is 2.15. The molecule has 1 aromatic carbocycles. The van der Waals surface area contributed by atoms with Gasteiger partial charge in [0.15, 0.2) is 0 Å². The standard InChI is InChI=1S/C11H9FO2/c1-2-5-9(11(13)14)8-6-3-4-7-10(8)12/h1,3-4,6-7,9H,5H2,(H,13,14). The van der Waals surface area contributed by atoms with E-state index in [0.717, 1.165) is 0 Å². The summed E-state index contributed by atoms with van der Waals surface area (Å²) in [6.45, 7) is 0. The average molecular weight is 192 g/mol. The van der Waals surface area contributed by atoms with Crippen molar-refractivity contribution >= 4 is 5.97 Å². The van der Waals surface area contributed by atoms with Gasteiger partial charge in [-0.05, 0) is 6.07 Å². The smallest absolute Gasteiger partial charge is 0.312 e. The molecule has 0 amide bonds. The molecule has 0 saturated carbocycles. The topological polar surface area (TPSA) is 37.3 Å². The van der Waals surface area contributed by atoms with Crippen molar-refractivity contribution in [1.29, 1.82) is 0 Å². The van der Waals surface area contributed by atoms with E-state index >= 15 is 0 Å². The van der Waals surface area contributed by atoms with Crippen molar-refractivity contribution in [3.63, 3.8) is 0 Å². The van der Waals surface area contributed by atoms with Crippen LogP contribution in [0.5, 0.6) is 0 Å². The highest BCUT2D eigenvalue weighted by Crippen LogP contribution is 2.22. The second-order valence-electron chi connectivity index (χ2n) is 2.82. The van der Waals surface area contributed by atoms with E-state index in [1.54, 1.807) is 6.07 Å². The Morgan fingerprint density at radius 1 is 1.57 bits per heavy atom. The van der Waals surface area contributed by atoms with Crippen LogP contribution in [0.25, 0.3) is 0 Å². The van der Waals surface area contributed by atoms with Crippen LogP contribution in [-0.2, 0) is 4.79 Å². The minimum atomic E-state index is -1.10. The molecule has 72 valence electrons. The molecule has 0 saturated heterocycles. The van der Waals surface area contributed by atoms with E-state index in [2.05, 4.69) is 5.92 Å². The largest absolute Gasteiger partial charge is 0.481 e. The molecular formula is C11H9FO2. The number of hydrogen-bond acceptors (Lipinski definition) is 1. The fourth-order valence-corrected chi connectivity index (χ4v) is 1.21. The predicted octanol–water partition coefficient (Wildman–Crippen LogP) is 2.02. The first-order valence-electron chi connectivity index (χ1n) is 4.07. The zero-order valence-electron chi connectivity index (χ0n) is 7.40. The first-order valence-corrected chi connectivity index (χ1v) is 4.07. The van der Waals surface area contributed by atoms with E-state index < -0.39 is 17.7 Å². The van der Waals surface area contributed by atoms with Crippen LogP contribution in [0.15, 0.2) is 24.3 Å². The summed E-state index contributed by atoms with van der Waals surface area (Å²) in [5, 5.41) is 8.82. The molecule has 0 bridgehead atoms. The molecule has 1 N–H and O–H groups in total. The van der Waals surface area contributed by atoms with Crippen molar-refractivity contribution < 1.29 is 14.3 Å². The molecule has 1 rings (SSSR count). The normalized spacial score (nSPS) is 11.7. The number of carboxylic acid groups (broad SMARTS) is 1. The Hall–Kier alpha value is -1.82. The number of carboxylic acids is 1. The Bertz CT molecular complexity index is 379.